The Morgan fingerprint density at radius 3 is 3.00 bits per heavy atom. The maximum absolute atomic E-state index is 9.41. The SMILES string of the molecule is CCN(CCO)c1nc2nnnn2c2sc3c(c12)CC[NH+](CC)C3. The lowest BCUT2D eigenvalue weighted by Crippen LogP contribution is -3.11. The molecule has 3 aromatic rings. The van der Waals surface area contributed by atoms with E-state index in [0.717, 1.165) is 43.2 Å². The molecule has 0 aliphatic carbocycles. The molecule has 1 atom stereocenters. The molecule has 0 radical (unpaired) electrons. The van der Waals surface area contributed by atoms with Crippen LogP contribution in [-0.4, -0.2) is 62.9 Å². The molecule has 1 aliphatic rings. The van der Waals surface area contributed by atoms with Gasteiger partial charge in [-0.05, 0) is 29.8 Å². The Morgan fingerprint density at radius 1 is 1.38 bits per heavy atom. The van der Waals surface area contributed by atoms with E-state index in [1.807, 2.05) is 0 Å². The third-order valence-electron chi connectivity index (χ3n) is 4.84. The van der Waals surface area contributed by atoms with Gasteiger partial charge in [0.15, 0.2) is 0 Å². The normalized spacial score (nSPS) is 17.5. The predicted molar refractivity (Wildman–Crippen MR) is 92.7 cm³/mol. The van der Waals surface area contributed by atoms with E-state index in [1.54, 1.807) is 20.8 Å². The zero-order valence-corrected chi connectivity index (χ0v) is 14.8. The van der Waals surface area contributed by atoms with Crippen LogP contribution in [0.1, 0.15) is 24.3 Å². The Bertz CT molecular complexity index is 874. The molecule has 0 fully saturated rings. The van der Waals surface area contributed by atoms with Crippen molar-refractivity contribution >= 4 is 33.1 Å². The number of aliphatic hydroxyl groups is 1. The summed E-state index contributed by atoms with van der Waals surface area (Å²) in [4.78, 5) is 10.9. The lowest BCUT2D eigenvalue weighted by Gasteiger charge is -2.24. The Labute approximate surface area is 143 Å². The summed E-state index contributed by atoms with van der Waals surface area (Å²) in [5, 5.41) is 22.6. The number of tetrazole rings is 1. The first-order valence-corrected chi connectivity index (χ1v) is 9.30. The van der Waals surface area contributed by atoms with Crippen molar-refractivity contribution in [1.29, 1.82) is 0 Å². The number of anilines is 1. The summed E-state index contributed by atoms with van der Waals surface area (Å²) in [6, 6.07) is 0. The first-order valence-electron chi connectivity index (χ1n) is 8.48. The maximum atomic E-state index is 9.41. The molecular weight excluding hydrogens is 326 g/mol. The number of hydrogen-bond acceptors (Lipinski definition) is 7. The molecular formula is C15H22N7OS+. The highest BCUT2D eigenvalue weighted by Gasteiger charge is 2.28. The van der Waals surface area contributed by atoms with Crippen LogP contribution in [0.25, 0.3) is 16.0 Å². The molecule has 0 saturated heterocycles. The van der Waals surface area contributed by atoms with Crippen LogP contribution in [0.3, 0.4) is 0 Å². The number of hydrogen-bond donors (Lipinski definition) is 2. The van der Waals surface area contributed by atoms with E-state index in [9.17, 15) is 5.11 Å². The van der Waals surface area contributed by atoms with Gasteiger partial charge < -0.3 is 14.9 Å². The number of quaternary nitrogens is 1. The van der Waals surface area contributed by atoms with Crippen molar-refractivity contribution in [3.8, 4) is 0 Å². The Balaban J connectivity index is 1.98. The molecule has 2 N–H and O–H groups in total. The monoisotopic (exact) mass is 348 g/mol. The Morgan fingerprint density at radius 2 is 2.25 bits per heavy atom. The molecule has 0 aromatic carbocycles. The minimum atomic E-state index is 0.104. The number of aliphatic hydroxyl groups excluding tert-OH is 1. The van der Waals surface area contributed by atoms with Gasteiger partial charge in [0.05, 0.1) is 30.0 Å². The Hall–Kier alpha value is -1.84. The molecule has 3 aromatic heterocycles. The summed E-state index contributed by atoms with van der Waals surface area (Å²) in [6.45, 7) is 9.12. The van der Waals surface area contributed by atoms with Crippen LogP contribution in [0.4, 0.5) is 5.82 Å². The lowest BCUT2D eigenvalue weighted by molar-refractivity contribution is -0.913. The van der Waals surface area contributed by atoms with Gasteiger partial charge in [-0.15, -0.1) is 11.3 Å². The number of nitrogens with zero attached hydrogens (tertiary/aromatic N) is 6. The molecule has 8 nitrogen and oxygen atoms in total. The first kappa shape index (κ1) is 15.7. The maximum Gasteiger partial charge on any atom is 0.276 e. The van der Waals surface area contributed by atoms with Crippen LogP contribution in [0.15, 0.2) is 0 Å². The highest BCUT2D eigenvalue weighted by atomic mass is 32.1. The second-order valence-electron chi connectivity index (χ2n) is 6.09. The van der Waals surface area contributed by atoms with Gasteiger partial charge in [-0.2, -0.15) is 9.50 Å². The van der Waals surface area contributed by atoms with Gasteiger partial charge in [-0.1, -0.05) is 5.10 Å². The minimum Gasteiger partial charge on any atom is -0.395 e. The average molecular weight is 348 g/mol. The van der Waals surface area contributed by atoms with Gasteiger partial charge in [0.2, 0.25) is 0 Å². The van der Waals surface area contributed by atoms with Gasteiger partial charge in [-0.3, -0.25) is 0 Å². The van der Waals surface area contributed by atoms with Gasteiger partial charge in [0, 0.05) is 19.5 Å². The summed E-state index contributed by atoms with van der Waals surface area (Å²) in [5.74, 6) is 1.42. The number of aromatic nitrogens is 5. The summed E-state index contributed by atoms with van der Waals surface area (Å²) < 4.78 is 1.75. The van der Waals surface area contributed by atoms with Crippen molar-refractivity contribution < 1.29 is 10.0 Å². The number of likely N-dealkylation sites (N-methyl/N-ethyl adjacent to an activating group) is 2. The Kier molecular flexibility index (Phi) is 4.07. The van der Waals surface area contributed by atoms with Crippen molar-refractivity contribution in [2.45, 2.75) is 26.8 Å². The fraction of sp³-hybridized carbons (Fsp3) is 0.600. The third-order valence-corrected chi connectivity index (χ3v) is 6.04. The molecule has 4 rings (SSSR count). The predicted octanol–water partition coefficient (Wildman–Crippen LogP) is -0.486. The number of rotatable bonds is 5. The van der Waals surface area contributed by atoms with E-state index in [0.29, 0.717) is 12.3 Å². The quantitative estimate of drug-likeness (QED) is 0.648. The van der Waals surface area contributed by atoms with E-state index < -0.39 is 0 Å². The summed E-state index contributed by atoms with van der Waals surface area (Å²) in [7, 11) is 0. The fourth-order valence-corrected chi connectivity index (χ4v) is 4.86. The smallest absolute Gasteiger partial charge is 0.276 e. The molecule has 0 bridgehead atoms. The molecule has 1 unspecified atom stereocenters. The van der Waals surface area contributed by atoms with Gasteiger partial charge >= 0.3 is 0 Å². The molecule has 0 saturated carbocycles. The lowest BCUT2D eigenvalue weighted by atomic mass is 10.0. The van der Waals surface area contributed by atoms with E-state index >= 15 is 0 Å². The van der Waals surface area contributed by atoms with Crippen LogP contribution >= 0.6 is 11.3 Å². The molecule has 4 heterocycles. The van der Waals surface area contributed by atoms with E-state index in [4.69, 9.17) is 4.98 Å². The highest BCUT2D eigenvalue weighted by molar-refractivity contribution is 7.19. The minimum absolute atomic E-state index is 0.104. The molecule has 24 heavy (non-hydrogen) atoms. The topological polar surface area (TPSA) is 83.9 Å². The van der Waals surface area contributed by atoms with Crippen molar-refractivity contribution in [3.63, 3.8) is 0 Å². The van der Waals surface area contributed by atoms with E-state index in [1.165, 1.54) is 15.8 Å². The number of thiophene rings is 1. The van der Waals surface area contributed by atoms with Gasteiger partial charge in [-0.25, -0.2) is 0 Å². The van der Waals surface area contributed by atoms with Crippen molar-refractivity contribution in [1.82, 2.24) is 25.0 Å². The van der Waals surface area contributed by atoms with Crippen molar-refractivity contribution in [2.75, 3.05) is 37.7 Å². The van der Waals surface area contributed by atoms with Crippen LogP contribution in [-0.2, 0) is 13.0 Å². The zero-order chi connectivity index (χ0) is 16.7. The van der Waals surface area contributed by atoms with Crippen LogP contribution in [0.2, 0.25) is 0 Å². The summed E-state index contributed by atoms with van der Waals surface area (Å²) in [6.07, 6.45) is 1.05. The highest BCUT2D eigenvalue weighted by Crippen LogP contribution is 2.37. The van der Waals surface area contributed by atoms with Crippen molar-refractivity contribution in [3.05, 3.63) is 10.4 Å². The van der Waals surface area contributed by atoms with Gasteiger partial charge in [0.25, 0.3) is 5.78 Å². The summed E-state index contributed by atoms with van der Waals surface area (Å²) >= 11 is 1.78. The number of fused-ring (bicyclic) bond motifs is 5. The second-order valence-corrected chi connectivity index (χ2v) is 7.18. The average Bonchev–Trinajstić information content (AvgIpc) is 3.22. The van der Waals surface area contributed by atoms with Crippen LogP contribution in [0, 0.1) is 0 Å². The molecule has 1 aliphatic heterocycles. The molecule has 0 spiro atoms. The van der Waals surface area contributed by atoms with Crippen molar-refractivity contribution in [2.24, 2.45) is 0 Å². The fourth-order valence-electron chi connectivity index (χ4n) is 3.50. The summed E-state index contributed by atoms with van der Waals surface area (Å²) in [5.41, 5.74) is 1.39. The van der Waals surface area contributed by atoms with Crippen LogP contribution in [0.5, 0.6) is 0 Å². The van der Waals surface area contributed by atoms with Crippen LogP contribution < -0.4 is 9.80 Å². The third kappa shape index (κ3) is 2.35. The number of nitrogens with one attached hydrogen (secondary N) is 1. The zero-order valence-electron chi connectivity index (χ0n) is 14.0. The molecule has 9 heteroatoms. The molecule has 128 valence electrons. The standard InChI is InChI=1S/C15H21N7OS/c1-3-20-6-5-10-11(9-20)24-14-12(10)13(21(4-2)7-8-23)16-15-17-18-19-22(14)15/h23H,3-9H2,1-2H3/p+1. The molecule has 0 amide bonds. The second kappa shape index (κ2) is 6.23. The largest absolute Gasteiger partial charge is 0.395 e. The van der Waals surface area contributed by atoms with Gasteiger partial charge in [0.1, 0.15) is 17.2 Å². The van der Waals surface area contributed by atoms with E-state index in [2.05, 4.69) is 34.3 Å². The first-order chi connectivity index (χ1) is 11.8. The van der Waals surface area contributed by atoms with E-state index in [-0.39, 0.29) is 6.61 Å².